The van der Waals surface area contributed by atoms with Gasteiger partial charge in [-0.1, -0.05) is 24.3 Å². The van der Waals surface area contributed by atoms with Crippen molar-refractivity contribution in [2.24, 2.45) is 0 Å². The van der Waals surface area contributed by atoms with Gasteiger partial charge in [0.05, 0.1) is 18.1 Å². The lowest BCUT2D eigenvalue weighted by Crippen LogP contribution is -2.20. The summed E-state index contributed by atoms with van der Waals surface area (Å²) in [6.45, 7) is 1.81. The second-order valence-electron chi connectivity index (χ2n) is 6.67. The number of aromatic nitrogens is 2. The molecule has 0 aliphatic carbocycles. The maximum absolute atomic E-state index is 13.0. The predicted octanol–water partition coefficient (Wildman–Crippen LogP) is 3.69. The van der Waals surface area contributed by atoms with Crippen LogP contribution in [0.4, 0.5) is 0 Å². The molecule has 0 amide bonds. The van der Waals surface area contributed by atoms with E-state index in [0.29, 0.717) is 12.8 Å². The molecule has 3 heterocycles. The average molecular weight is 361 g/mol. The van der Waals surface area contributed by atoms with Crippen molar-refractivity contribution in [1.82, 2.24) is 14.9 Å². The number of methoxy groups -OCH3 is 1. The Morgan fingerprint density at radius 2 is 2.15 bits per heavy atom. The lowest BCUT2D eigenvalue weighted by Gasteiger charge is -2.12. The van der Waals surface area contributed by atoms with Crippen LogP contribution in [0.15, 0.2) is 54.9 Å². The van der Waals surface area contributed by atoms with Crippen molar-refractivity contribution >= 4 is 22.5 Å². The number of benzene rings is 1. The number of carbonyl (C=O) groups is 1. The Labute approximate surface area is 158 Å². The van der Waals surface area contributed by atoms with E-state index in [4.69, 9.17) is 4.74 Å². The highest BCUT2D eigenvalue weighted by atomic mass is 16.5. The zero-order valence-electron chi connectivity index (χ0n) is 15.4. The quantitative estimate of drug-likeness (QED) is 0.753. The molecule has 0 spiro atoms. The number of pyridine rings is 1. The molecule has 0 fully saturated rings. The summed E-state index contributed by atoms with van der Waals surface area (Å²) in [6.07, 6.45) is 7.95. The first-order chi connectivity index (χ1) is 13.3. The van der Waals surface area contributed by atoms with Gasteiger partial charge in [0.1, 0.15) is 5.75 Å². The molecular weight excluding hydrogens is 338 g/mol. The number of rotatable bonds is 5. The lowest BCUT2D eigenvalue weighted by atomic mass is 10.0. The number of hydrogen-bond donors (Lipinski definition) is 1. The normalized spacial score (nSPS) is 14.2. The van der Waals surface area contributed by atoms with Crippen molar-refractivity contribution in [2.45, 2.75) is 19.3 Å². The Morgan fingerprint density at radius 3 is 2.96 bits per heavy atom. The maximum Gasteiger partial charge on any atom is 0.231 e. The SMILES string of the molecule is COc1ccccc1CCC(=O)n1cc(C2=CCNCC2)c2ncccc21. The number of nitrogens with one attached hydrogen (secondary N) is 1. The molecule has 138 valence electrons. The minimum atomic E-state index is 0.0692. The van der Waals surface area contributed by atoms with E-state index in [0.717, 1.165) is 47.4 Å². The van der Waals surface area contributed by atoms with Crippen molar-refractivity contribution in [2.75, 3.05) is 20.2 Å². The van der Waals surface area contributed by atoms with Gasteiger partial charge in [-0.05, 0) is 48.7 Å². The Morgan fingerprint density at radius 1 is 1.26 bits per heavy atom. The second kappa shape index (κ2) is 7.76. The van der Waals surface area contributed by atoms with Gasteiger partial charge in [-0.25, -0.2) is 0 Å². The summed E-state index contributed by atoms with van der Waals surface area (Å²) in [6, 6.07) is 11.7. The van der Waals surface area contributed by atoms with E-state index in [-0.39, 0.29) is 5.91 Å². The van der Waals surface area contributed by atoms with E-state index in [1.165, 1.54) is 5.57 Å². The third-order valence-electron chi connectivity index (χ3n) is 5.04. The maximum atomic E-state index is 13.0. The number of carbonyl (C=O) groups excluding carboxylic acids is 1. The Hall–Kier alpha value is -2.92. The number of para-hydroxylation sites is 1. The fourth-order valence-electron chi connectivity index (χ4n) is 3.64. The van der Waals surface area contributed by atoms with Gasteiger partial charge in [0.25, 0.3) is 0 Å². The lowest BCUT2D eigenvalue weighted by molar-refractivity contribution is 0.0908. The average Bonchev–Trinajstić information content (AvgIpc) is 3.13. The minimum Gasteiger partial charge on any atom is -0.496 e. The molecule has 1 aliphatic rings. The predicted molar refractivity (Wildman–Crippen MR) is 107 cm³/mol. The topological polar surface area (TPSA) is 56.1 Å². The van der Waals surface area contributed by atoms with Gasteiger partial charge in [-0.3, -0.25) is 14.3 Å². The minimum absolute atomic E-state index is 0.0692. The summed E-state index contributed by atoms with van der Waals surface area (Å²) in [5.41, 5.74) is 5.14. The molecule has 0 radical (unpaired) electrons. The first-order valence-electron chi connectivity index (χ1n) is 9.29. The van der Waals surface area contributed by atoms with Crippen LogP contribution >= 0.6 is 0 Å². The van der Waals surface area contributed by atoms with Gasteiger partial charge in [0, 0.05) is 30.9 Å². The molecule has 0 bridgehead atoms. The van der Waals surface area contributed by atoms with Crippen LogP contribution in [-0.4, -0.2) is 35.7 Å². The summed E-state index contributed by atoms with van der Waals surface area (Å²) in [5.74, 6) is 0.893. The monoisotopic (exact) mass is 361 g/mol. The smallest absolute Gasteiger partial charge is 0.231 e. The number of fused-ring (bicyclic) bond motifs is 1. The van der Waals surface area contributed by atoms with E-state index >= 15 is 0 Å². The molecule has 3 aromatic rings. The number of nitrogens with zero attached hydrogens (tertiary/aromatic N) is 2. The van der Waals surface area contributed by atoms with Crippen molar-refractivity contribution in [3.05, 3.63) is 66.0 Å². The summed E-state index contributed by atoms with van der Waals surface area (Å²) < 4.78 is 7.16. The Balaban J connectivity index is 1.63. The number of ether oxygens (including phenoxy) is 1. The molecule has 0 saturated carbocycles. The van der Waals surface area contributed by atoms with Gasteiger partial charge >= 0.3 is 0 Å². The van der Waals surface area contributed by atoms with Crippen LogP contribution in [0, 0.1) is 0 Å². The molecular formula is C22H23N3O2. The fraction of sp³-hybridized carbons (Fsp3) is 0.273. The molecule has 4 rings (SSSR count). The van der Waals surface area contributed by atoms with E-state index < -0.39 is 0 Å². The zero-order valence-corrected chi connectivity index (χ0v) is 15.4. The van der Waals surface area contributed by atoms with Crippen LogP contribution in [0.3, 0.4) is 0 Å². The highest BCUT2D eigenvalue weighted by Crippen LogP contribution is 2.29. The molecule has 27 heavy (non-hydrogen) atoms. The van der Waals surface area contributed by atoms with Gasteiger partial charge in [-0.15, -0.1) is 0 Å². The van der Waals surface area contributed by atoms with Crippen molar-refractivity contribution < 1.29 is 9.53 Å². The van der Waals surface area contributed by atoms with Crippen LogP contribution in [-0.2, 0) is 6.42 Å². The first-order valence-corrected chi connectivity index (χ1v) is 9.29. The molecule has 0 unspecified atom stereocenters. The Bertz CT molecular complexity index is 1000. The van der Waals surface area contributed by atoms with Crippen molar-refractivity contribution in [1.29, 1.82) is 0 Å². The molecule has 1 aromatic carbocycles. The summed E-state index contributed by atoms with van der Waals surface area (Å²) >= 11 is 0. The van der Waals surface area contributed by atoms with Crippen LogP contribution in [0.5, 0.6) is 5.75 Å². The number of aryl methyl sites for hydroxylation is 1. The van der Waals surface area contributed by atoms with E-state index in [1.807, 2.05) is 42.6 Å². The number of hydrogen-bond acceptors (Lipinski definition) is 4. The molecule has 5 heteroatoms. The molecule has 5 nitrogen and oxygen atoms in total. The summed E-state index contributed by atoms with van der Waals surface area (Å²) in [4.78, 5) is 17.5. The van der Waals surface area contributed by atoms with E-state index in [9.17, 15) is 4.79 Å². The second-order valence-corrected chi connectivity index (χ2v) is 6.67. The van der Waals surface area contributed by atoms with Gasteiger partial charge in [-0.2, -0.15) is 0 Å². The van der Waals surface area contributed by atoms with Gasteiger partial charge in [0.15, 0.2) is 0 Å². The van der Waals surface area contributed by atoms with E-state index in [1.54, 1.807) is 17.9 Å². The highest BCUT2D eigenvalue weighted by Gasteiger charge is 2.18. The Kier molecular flexibility index (Phi) is 5.03. The van der Waals surface area contributed by atoms with E-state index in [2.05, 4.69) is 16.4 Å². The molecule has 2 aromatic heterocycles. The third kappa shape index (κ3) is 3.51. The van der Waals surface area contributed by atoms with Gasteiger partial charge < -0.3 is 10.1 Å². The standard InChI is InChI=1S/C22H23N3O2/c1-27-20-7-3-2-5-17(20)8-9-21(26)25-15-18(16-10-13-23-14-11-16)22-19(25)6-4-12-24-22/h2-7,10,12,15,23H,8-9,11,13-14H2,1H3. The van der Waals surface area contributed by atoms with Crippen molar-refractivity contribution in [3.63, 3.8) is 0 Å². The summed E-state index contributed by atoms with van der Waals surface area (Å²) in [5, 5.41) is 3.33. The zero-order chi connectivity index (χ0) is 18.6. The largest absolute Gasteiger partial charge is 0.496 e. The highest BCUT2D eigenvalue weighted by molar-refractivity contribution is 5.97. The first kappa shape index (κ1) is 17.5. The molecule has 1 N–H and O–H groups in total. The van der Waals surface area contributed by atoms with Crippen LogP contribution < -0.4 is 10.1 Å². The van der Waals surface area contributed by atoms with Crippen LogP contribution in [0.2, 0.25) is 0 Å². The van der Waals surface area contributed by atoms with Crippen LogP contribution in [0.1, 0.15) is 28.8 Å². The fourth-order valence-corrected chi connectivity index (χ4v) is 3.64. The summed E-state index contributed by atoms with van der Waals surface area (Å²) in [7, 11) is 1.66. The molecule has 0 atom stereocenters. The molecule has 0 saturated heterocycles. The van der Waals surface area contributed by atoms with Crippen LogP contribution in [0.25, 0.3) is 16.6 Å². The van der Waals surface area contributed by atoms with Crippen molar-refractivity contribution in [3.8, 4) is 5.75 Å². The van der Waals surface area contributed by atoms with Gasteiger partial charge in [0.2, 0.25) is 5.91 Å². The molecule has 1 aliphatic heterocycles. The third-order valence-corrected chi connectivity index (χ3v) is 5.04.